The number of piperazine rings is 1. The van der Waals surface area contributed by atoms with Gasteiger partial charge in [0.1, 0.15) is 0 Å². The van der Waals surface area contributed by atoms with Crippen LogP contribution in [0, 0.1) is 5.92 Å². The Bertz CT molecular complexity index is 173. The summed E-state index contributed by atoms with van der Waals surface area (Å²) >= 11 is 0. The predicted molar refractivity (Wildman–Crippen MR) is 64.2 cm³/mol. The van der Waals surface area contributed by atoms with Gasteiger partial charge in [0.15, 0.2) is 0 Å². The molecule has 1 aliphatic heterocycles. The predicted octanol–water partition coefficient (Wildman–Crippen LogP) is 1.34. The molecule has 15 heavy (non-hydrogen) atoms. The number of hydrogen-bond donors (Lipinski definition) is 1. The normalized spacial score (nSPS) is 25.8. The molecule has 2 unspecified atom stereocenters. The van der Waals surface area contributed by atoms with E-state index in [-0.39, 0.29) is 0 Å². The van der Waals surface area contributed by atoms with Gasteiger partial charge in [-0.05, 0) is 19.3 Å². The third-order valence-corrected chi connectivity index (χ3v) is 3.11. The van der Waals surface area contributed by atoms with Gasteiger partial charge in [-0.15, -0.1) is 0 Å². The number of hydrogen-bond acceptors (Lipinski definition) is 3. The second-order valence-electron chi connectivity index (χ2n) is 5.03. The summed E-state index contributed by atoms with van der Waals surface area (Å²) in [5.41, 5.74) is 0. The Labute approximate surface area is 94.2 Å². The Balaban J connectivity index is 2.48. The Hall–Kier alpha value is -0.120. The van der Waals surface area contributed by atoms with Crippen molar-refractivity contribution in [3.05, 3.63) is 0 Å². The van der Waals surface area contributed by atoms with Crippen LogP contribution in [0.2, 0.25) is 0 Å². The lowest BCUT2D eigenvalue weighted by atomic mass is 9.99. The lowest BCUT2D eigenvalue weighted by Crippen LogP contribution is -2.55. The molecule has 0 saturated carbocycles. The zero-order chi connectivity index (χ0) is 11.3. The Kier molecular flexibility index (Phi) is 5.58. The first kappa shape index (κ1) is 12.9. The third-order valence-electron chi connectivity index (χ3n) is 3.11. The molecule has 0 aromatic carbocycles. The minimum Gasteiger partial charge on any atom is -0.383 e. The summed E-state index contributed by atoms with van der Waals surface area (Å²) in [6.45, 7) is 11.1. The van der Waals surface area contributed by atoms with Crippen LogP contribution in [0.1, 0.15) is 27.2 Å². The molecule has 0 aromatic rings. The minimum absolute atomic E-state index is 0.542. The Morgan fingerprint density at radius 3 is 2.73 bits per heavy atom. The van der Waals surface area contributed by atoms with Gasteiger partial charge in [-0.1, -0.05) is 13.8 Å². The van der Waals surface area contributed by atoms with Gasteiger partial charge in [0, 0.05) is 38.8 Å². The van der Waals surface area contributed by atoms with Gasteiger partial charge < -0.3 is 10.1 Å². The smallest absolute Gasteiger partial charge is 0.0615 e. The van der Waals surface area contributed by atoms with Crippen LogP contribution in [0.25, 0.3) is 0 Å². The van der Waals surface area contributed by atoms with E-state index in [1.165, 1.54) is 6.42 Å². The molecule has 0 bridgehead atoms. The van der Waals surface area contributed by atoms with Gasteiger partial charge in [-0.2, -0.15) is 0 Å². The fourth-order valence-corrected chi connectivity index (χ4v) is 2.46. The van der Waals surface area contributed by atoms with E-state index >= 15 is 0 Å². The lowest BCUT2D eigenvalue weighted by molar-refractivity contribution is 0.0481. The highest BCUT2D eigenvalue weighted by Crippen LogP contribution is 2.16. The molecule has 1 N–H and O–H groups in total. The third kappa shape index (κ3) is 4.09. The fraction of sp³-hybridized carbons (Fsp3) is 1.00. The molecule has 1 saturated heterocycles. The zero-order valence-corrected chi connectivity index (χ0v) is 10.6. The molecule has 0 aromatic heterocycles. The molecular formula is C12H26N2O. The summed E-state index contributed by atoms with van der Waals surface area (Å²) in [5, 5.41) is 3.48. The summed E-state index contributed by atoms with van der Waals surface area (Å²) in [5.74, 6) is 0.771. The molecule has 3 nitrogen and oxygen atoms in total. The molecule has 90 valence electrons. The highest BCUT2D eigenvalue weighted by Gasteiger charge is 2.26. The molecule has 0 amide bonds. The number of rotatable bonds is 5. The van der Waals surface area contributed by atoms with Crippen molar-refractivity contribution in [1.82, 2.24) is 10.2 Å². The van der Waals surface area contributed by atoms with Crippen molar-refractivity contribution < 1.29 is 4.74 Å². The van der Waals surface area contributed by atoms with Gasteiger partial charge in [-0.3, -0.25) is 4.90 Å². The largest absolute Gasteiger partial charge is 0.383 e. The van der Waals surface area contributed by atoms with Crippen molar-refractivity contribution in [3.8, 4) is 0 Å². The first-order chi connectivity index (χ1) is 7.15. The number of ether oxygens (including phenoxy) is 1. The molecule has 2 atom stereocenters. The van der Waals surface area contributed by atoms with E-state index in [1.807, 2.05) is 0 Å². The van der Waals surface area contributed by atoms with Crippen molar-refractivity contribution >= 4 is 0 Å². The molecule has 0 radical (unpaired) electrons. The van der Waals surface area contributed by atoms with Gasteiger partial charge in [0.2, 0.25) is 0 Å². The summed E-state index contributed by atoms with van der Waals surface area (Å²) in [4.78, 5) is 2.60. The van der Waals surface area contributed by atoms with Crippen LogP contribution in [0.3, 0.4) is 0 Å². The van der Waals surface area contributed by atoms with Crippen molar-refractivity contribution in [2.45, 2.75) is 39.3 Å². The standard InChI is InChI=1S/C12H26N2O/c1-10(2)7-12-8-13-5-6-14(12)11(3)9-15-4/h10-13H,5-9H2,1-4H3. The maximum Gasteiger partial charge on any atom is 0.0615 e. The van der Waals surface area contributed by atoms with Gasteiger partial charge in [0.05, 0.1) is 6.61 Å². The van der Waals surface area contributed by atoms with Crippen molar-refractivity contribution in [3.63, 3.8) is 0 Å². The molecule has 3 heteroatoms. The second-order valence-corrected chi connectivity index (χ2v) is 5.03. The first-order valence-electron chi connectivity index (χ1n) is 6.10. The Morgan fingerprint density at radius 2 is 2.13 bits per heavy atom. The zero-order valence-electron chi connectivity index (χ0n) is 10.6. The average molecular weight is 214 g/mol. The van der Waals surface area contributed by atoms with Crippen LogP contribution in [0.4, 0.5) is 0 Å². The average Bonchev–Trinajstić information content (AvgIpc) is 2.18. The highest BCUT2D eigenvalue weighted by atomic mass is 16.5. The topological polar surface area (TPSA) is 24.5 Å². The van der Waals surface area contributed by atoms with Crippen LogP contribution < -0.4 is 5.32 Å². The summed E-state index contributed by atoms with van der Waals surface area (Å²) < 4.78 is 5.25. The van der Waals surface area contributed by atoms with Crippen LogP contribution >= 0.6 is 0 Å². The SMILES string of the molecule is COCC(C)N1CCNCC1CC(C)C. The molecule has 0 spiro atoms. The van der Waals surface area contributed by atoms with Crippen LogP contribution in [-0.2, 0) is 4.74 Å². The van der Waals surface area contributed by atoms with E-state index in [0.29, 0.717) is 12.1 Å². The molecule has 1 rings (SSSR count). The number of methoxy groups -OCH3 is 1. The van der Waals surface area contributed by atoms with Crippen LogP contribution in [0.5, 0.6) is 0 Å². The Morgan fingerprint density at radius 1 is 1.40 bits per heavy atom. The van der Waals surface area contributed by atoms with E-state index in [1.54, 1.807) is 7.11 Å². The molecule has 1 fully saturated rings. The van der Waals surface area contributed by atoms with E-state index in [9.17, 15) is 0 Å². The quantitative estimate of drug-likeness (QED) is 0.747. The van der Waals surface area contributed by atoms with Crippen molar-refractivity contribution in [2.24, 2.45) is 5.92 Å². The number of nitrogens with one attached hydrogen (secondary N) is 1. The monoisotopic (exact) mass is 214 g/mol. The van der Waals surface area contributed by atoms with Gasteiger partial charge in [0.25, 0.3) is 0 Å². The second kappa shape index (κ2) is 6.46. The van der Waals surface area contributed by atoms with Crippen molar-refractivity contribution in [2.75, 3.05) is 33.4 Å². The maximum absolute atomic E-state index is 5.25. The highest BCUT2D eigenvalue weighted by molar-refractivity contribution is 4.83. The maximum atomic E-state index is 5.25. The summed E-state index contributed by atoms with van der Waals surface area (Å²) in [7, 11) is 1.79. The van der Waals surface area contributed by atoms with E-state index < -0.39 is 0 Å². The van der Waals surface area contributed by atoms with Crippen molar-refractivity contribution in [1.29, 1.82) is 0 Å². The first-order valence-corrected chi connectivity index (χ1v) is 6.10. The minimum atomic E-state index is 0.542. The van der Waals surface area contributed by atoms with Gasteiger partial charge in [-0.25, -0.2) is 0 Å². The van der Waals surface area contributed by atoms with E-state index in [4.69, 9.17) is 4.74 Å². The fourth-order valence-electron chi connectivity index (χ4n) is 2.46. The van der Waals surface area contributed by atoms with Crippen LogP contribution in [0.15, 0.2) is 0 Å². The molecule has 1 heterocycles. The molecule has 0 aliphatic carbocycles. The summed E-state index contributed by atoms with van der Waals surface area (Å²) in [6, 6.07) is 1.23. The van der Waals surface area contributed by atoms with E-state index in [0.717, 1.165) is 32.2 Å². The lowest BCUT2D eigenvalue weighted by Gasteiger charge is -2.40. The van der Waals surface area contributed by atoms with Gasteiger partial charge >= 0.3 is 0 Å². The van der Waals surface area contributed by atoms with E-state index in [2.05, 4.69) is 31.0 Å². The number of nitrogens with zero attached hydrogens (tertiary/aromatic N) is 1. The van der Waals surface area contributed by atoms with Crippen LogP contribution in [-0.4, -0.2) is 50.3 Å². The summed E-state index contributed by atoms with van der Waals surface area (Å²) in [6.07, 6.45) is 1.28. The molecular weight excluding hydrogens is 188 g/mol. The molecule has 1 aliphatic rings.